The quantitative estimate of drug-likeness (QED) is 0.359. The molecule has 0 saturated carbocycles. The number of carboxylic acids is 1. The molecule has 0 saturated heterocycles. The van der Waals surface area contributed by atoms with Crippen LogP contribution in [0.15, 0.2) is 18.2 Å². The van der Waals surface area contributed by atoms with Gasteiger partial charge in [-0.3, -0.25) is 20.2 Å². The molecular weight excluding hydrogens is 296 g/mol. The van der Waals surface area contributed by atoms with E-state index < -0.39 is 38.3 Å². The highest BCUT2D eigenvalue weighted by Crippen LogP contribution is 2.38. The standard InChI is InChI=1S/C12H16N4O6/c13-7-2-1-6-12(14,11(17)18)10-8(15(19)20)4-3-5-9(10)16(21)22/h3-5H,1-2,6-7,13-14H2,(H,17,18). The van der Waals surface area contributed by atoms with Gasteiger partial charge in [-0.1, -0.05) is 0 Å². The summed E-state index contributed by atoms with van der Waals surface area (Å²) in [5, 5.41) is 31.6. The van der Waals surface area contributed by atoms with Crippen LogP contribution in [0, 0.1) is 20.2 Å². The highest BCUT2D eigenvalue weighted by molar-refractivity contribution is 5.84. The van der Waals surface area contributed by atoms with Crippen LogP contribution in [-0.2, 0) is 10.3 Å². The Morgan fingerprint density at radius 2 is 1.68 bits per heavy atom. The summed E-state index contributed by atoms with van der Waals surface area (Å²) >= 11 is 0. The van der Waals surface area contributed by atoms with E-state index in [2.05, 4.69) is 0 Å². The molecule has 1 aromatic carbocycles. The average molecular weight is 312 g/mol. The van der Waals surface area contributed by atoms with Gasteiger partial charge < -0.3 is 16.6 Å². The first-order valence-electron chi connectivity index (χ1n) is 6.40. The van der Waals surface area contributed by atoms with Gasteiger partial charge in [-0.15, -0.1) is 0 Å². The summed E-state index contributed by atoms with van der Waals surface area (Å²) in [6.45, 7) is 0.286. The molecule has 1 aromatic rings. The maximum absolute atomic E-state index is 11.6. The van der Waals surface area contributed by atoms with E-state index in [0.717, 1.165) is 18.2 Å². The Kier molecular flexibility index (Phi) is 5.49. The number of rotatable bonds is 8. The molecule has 0 heterocycles. The molecule has 5 N–H and O–H groups in total. The van der Waals surface area contributed by atoms with E-state index in [4.69, 9.17) is 11.5 Å². The van der Waals surface area contributed by atoms with E-state index in [0.29, 0.717) is 6.42 Å². The highest BCUT2D eigenvalue weighted by Gasteiger charge is 2.46. The summed E-state index contributed by atoms with van der Waals surface area (Å²) < 4.78 is 0. The minimum atomic E-state index is -2.23. The van der Waals surface area contributed by atoms with Crippen molar-refractivity contribution in [2.45, 2.75) is 24.8 Å². The molecule has 1 rings (SSSR count). The van der Waals surface area contributed by atoms with Gasteiger partial charge in [0.15, 0.2) is 5.54 Å². The van der Waals surface area contributed by atoms with Crippen LogP contribution in [-0.4, -0.2) is 27.5 Å². The molecule has 0 aromatic heterocycles. The Bertz CT molecular complexity index is 573. The van der Waals surface area contributed by atoms with E-state index in [1.54, 1.807) is 0 Å². The van der Waals surface area contributed by atoms with Gasteiger partial charge in [-0.05, 0) is 31.9 Å². The van der Waals surface area contributed by atoms with Crippen molar-refractivity contribution in [2.24, 2.45) is 11.5 Å². The zero-order chi connectivity index (χ0) is 16.9. The molecule has 0 aliphatic carbocycles. The van der Waals surface area contributed by atoms with E-state index in [-0.39, 0.29) is 19.4 Å². The molecule has 0 bridgehead atoms. The molecule has 22 heavy (non-hydrogen) atoms. The van der Waals surface area contributed by atoms with Crippen LogP contribution in [0.4, 0.5) is 11.4 Å². The minimum Gasteiger partial charge on any atom is -0.480 e. The summed E-state index contributed by atoms with van der Waals surface area (Å²) in [6.07, 6.45) is 0.508. The topological polar surface area (TPSA) is 176 Å². The second-order valence-corrected chi connectivity index (χ2v) is 4.71. The first kappa shape index (κ1) is 17.5. The molecule has 10 heteroatoms. The number of carbonyl (C=O) groups is 1. The van der Waals surface area contributed by atoms with Crippen LogP contribution in [0.2, 0.25) is 0 Å². The maximum atomic E-state index is 11.6. The summed E-state index contributed by atoms with van der Waals surface area (Å²) in [4.78, 5) is 32.0. The molecule has 0 spiro atoms. The van der Waals surface area contributed by atoms with Crippen molar-refractivity contribution >= 4 is 17.3 Å². The molecule has 10 nitrogen and oxygen atoms in total. The predicted molar refractivity (Wildman–Crippen MR) is 76.2 cm³/mol. The maximum Gasteiger partial charge on any atom is 0.328 e. The minimum absolute atomic E-state index is 0.203. The number of benzene rings is 1. The smallest absolute Gasteiger partial charge is 0.328 e. The lowest BCUT2D eigenvalue weighted by molar-refractivity contribution is -0.396. The van der Waals surface area contributed by atoms with E-state index in [9.17, 15) is 30.1 Å². The Labute approximate surface area is 125 Å². The number of nitrogens with zero attached hydrogens (tertiary/aromatic N) is 2. The van der Waals surface area contributed by atoms with Crippen molar-refractivity contribution in [2.75, 3.05) is 6.54 Å². The van der Waals surface area contributed by atoms with Gasteiger partial charge in [-0.25, -0.2) is 4.79 Å². The van der Waals surface area contributed by atoms with Crippen molar-refractivity contribution in [3.05, 3.63) is 44.0 Å². The molecule has 0 fully saturated rings. The van der Waals surface area contributed by atoms with Crippen LogP contribution in [0.1, 0.15) is 24.8 Å². The normalized spacial score (nSPS) is 13.4. The number of aliphatic carboxylic acids is 1. The third kappa shape index (κ3) is 3.35. The van der Waals surface area contributed by atoms with Crippen molar-refractivity contribution in [1.82, 2.24) is 0 Å². The summed E-state index contributed by atoms with van der Waals surface area (Å²) in [7, 11) is 0. The zero-order valence-electron chi connectivity index (χ0n) is 11.6. The van der Waals surface area contributed by atoms with Gasteiger partial charge >= 0.3 is 5.97 Å². The van der Waals surface area contributed by atoms with Crippen LogP contribution in [0.3, 0.4) is 0 Å². The SMILES string of the molecule is NCCCCC(N)(C(=O)O)c1c([N+](=O)[O-])cccc1[N+](=O)[O-]. The fourth-order valence-corrected chi connectivity index (χ4v) is 2.18. The van der Waals surface area contributed by atoms with Crippen LogP contribution < -0.4 is 11.5 Å². The van der Waals surface area contributed by atoms with Crippen LogP contribution in [0.25, 0.3) is 0 Å². The number of nitrogens with two attached hydrogens (primary N) is 2. The molecule has 0 aliphatic rings. The molecule has 0 radical (unpaired) electrons. The third-order valence-electron chi connectivity index (χ3n) is 3.27. The Morgan fingerprint density at radius 3 is 2.05 bits per heavy atom. The molecule has 1 unspecified atom stereocenters. The summed E-state index contributed by atoms with van der Waals surface area (Å²) in [5.41, 5.74) is 6.94. The van der Waals surface area contributed by atoms with Crippen molar-refractivity contribution in [1.29, 1.82) is 0 Å². The largest absolute Gasteiger partial charge is 0.480 e. The monoisotopic (exact) mass is 312 g/mol. The van der Waals surface area contributed by atoms with Gasteiger partial charge in [0.2, 0.25) is 0 Å². The van der Waals surface area contributed by atoms with Gasteiger partial charge in [0, 0.05) is 12.1 Å². The number of nitro benzene ring substituents is 2. The third-order valence-corrected chi connectivity index (χ3v) is 3.27. The van der Waals surface area contributed by atoms with Crippen LogP contribution >= 0.6 is 0 Å². The lowest BCUT2D eigenvalue weighted by Gasteiger charge is -2.24. The lowest BCUT2D eigenvalue weighted by atomic mass is 9.83. The summed E-state index contributed by atoms with van der Waals surface area (Å²) in [5.74, 6) is -1.57. The first-order chi connectivity index (χ1) is 10.3. The van der Waals surface area contributed by atoms with Crippen molar-refractivity contribution in [3.63, 3.8) is 0 Å². The van der Waals surface area contributed by atoms with Gasteiger partial charge in [-0.2, -0.15) is 0 Å². The van der Waals surface area contributed by atoms with Crippen LogP contribution in [0.5, 0.6) is 0 Å². The van der Waals surface area contributed by atoms with Crippen molar-refractivity contribution in [3.8, 4) is 0 Å². The molecule has 1 atom stereocenters. The summed E-state index contributed by atoms with van der Waals surface area (Å²) in [6, 6.07) is 3.10. The first-order valence-corrected chi connectivity index (χ1v) is 6.40. The molecule has 0 amide bonds. The number of hydrogen-bond donors (Lipinski definition) is 3. The highest BCUT2D eigenvalue weighted by atomic mass is 16.6. The lowest BCUT2D eigenvalue weighted by Crippen LogP contribution is -2.45. The van der Waals surface area contributed by atoms with E-state index in [1.165, 1.54) is 0 Å². The molecule has 0 aliphatic heterocycles. The number of carboxylic acid groups (broad SMARTS) is 1. The Hall–Kier alpha value is -2.59. The Balaban J connectivity index is 3.55. The molecule has 120 valence electrons. The van der Waals surface area contributed by atoms with Gasteiger partial charge in [0.05, 0.1) is 9.85 Å². The fourth-order valence-electron chi connectivity index (χ4n) is 2.18. The number of nitro groups is 2. The number of unbranched alkanes of at least 4 members (excludes halogenated alkanes) is 1. The van der Waals surface area contributed by atoms with Crippen molar-refractivity contribution < 1.29 is 19.7 Å². The number of hydrogen-bond acceptors (Lipinski definition) is 7. The zero-order valence-corrected chi connectivity index (χ0v) is 11.6. The second kappa shape index (κ2) is 6.91. The van der Waals surface area contributed by atoms with E-state index in [1.807, 2.05) is 0 Å². The Morgan fingerprint density at radius 1 is 1.18 bits per heavy atom. The van der Waals surface area contributed by atoms with Gasteiger partial charge in [0.1, 0.15) is 5.56 Å². The predicted octanol–water partition coefficient (Wildman–Crippen LogP) is 0.871. The fraction of sp³-hybridized carbons (Fsp3) is 0.417. The van der Waals surface area contributed by atoms with Gasteiger partial charge in [0.25, 0.3) is 11.4 Å². The molecular formula is C12H16N4O6. The van der Waals surface area contributed by atoms with E-state index >= 15 is 0 Å². The second-order valence-electron chi connectivity index (χ2n) is 4.71. The average Bonchev–Trinajstić information content (AvgIpc) is 2.46.